The van der Waals surface area contributed by atoms with Gasteiger partial charge in [-0.3, -0.25) is 4.79 Å². The highest BCUT2D eigenvalue weighted by molar-refractivity contribution is 6.05. The Kier molecular flexibility index (Phi) is 3.70. The first-order chi connectivity index (χ1) is 9.38. The molecule has 0 radical (unpaired) electrons. The molecule has 5 heteroatoms. The summed E-state index contributed by atoms with van der Waals surface area (Å²) in [5, 5.41) is 2.59. The van der Waals surface area contributed by atoms with E-state index in [1.165, 1.54) is 12.1 Å². The van der Waals surface area contributed by atoms with E-state index in [0.29, 0.717) is 16.8 Å². The molecule has 1 heterocycles. The van der Waals surface area contributed by atoms with E-state index in [1.54, 1.807) is 32.9 Å². The molecule has 0 aliphatic rings. The number of carbonyl (C=O) groups is 1. The summed E-state index contributed by atoms with van der Waals surface area (Å²) < 4.78 is 18.3. The molecule has 0 saturated carbocycles. The molecule has 0 atom stereocenters. The Bertz CT molecular complexity index is 708. The van der Waals surface area contributed by atoms with Gasteiger partial charge in [-0.2, -0.15) is 0 Å². The van der Waals surface area contributed by atoms with Crippen LogP contribution in [0.25, 0.3) is 0 Å². The minimum Gasteiger partial charge on any atom is -0.427 e. The normalized spacial score (nSPS) is 10.4. The van der Waals surface area contributed by atoms with E-state index in [9.17, 15) is 14.0 Å². The molecule has 1 amide bonds. The topological polar surface area (TPSA) is 59.3 Å². The molecule has 1 aromatic carbocycles. The molecular formula is C15H14FNO3. The molecule has 4 nitrogen and oxygen atoms in total. The fourth-order valence-electron chi connectivity index (χ4n) is 1.96. The molecule has 2 aromatic rings. The van der Waals surface area contributed by atoms with E-state index in [4.69, 9.17) is 4.42 Å². The Morgan fingerprint density at radius 1 is 1.15 bits per heavy atom. The number of carbonyl (C=O) groups excluding carboxylic acids is 1. The van der Waals surface area contributed by atoms with E-state index >= 15 is 0 Å². The fourth-order valence-corrected chi connectivity index (χ4v) is 1.96. The van der Waals surface area contributed by atoms with Gasteiger partial charge in [0.1, 0.15) is 11.6 Å². The van der Waals surface area contributed by atoms with E-state index in [2.05, 4.69) is 5.32 Å². The average molecular weight is 275 g/mol. The average Bonchev–Trinajstić information content (AvgIpc) is 2.32. The number of halogens is 1. The van der Waals surface area contributed by atoms with Gasteiger partial charge in [-0.15, -0.1) is 0 Å². The van der Waals surface area contributed by atoms with Crippen LogP contribution in [0.5, 0.6) is 0 Å². The van der Waals surface area contributed by atoms with Gasteiger partial charge in [0.25, 0.3) is 5.91 Å². The maximum atomic E-state index is 13.4. The molecule has 0 unspecified atom stereocenters. The molecule has 0 spiro atoms. The number of aryl methyl sites for hydroxylation is 3. The summed E-state index contributed by atoms with van der Waals surface area (Å²) in [6.07, 6.45) is 0. The third kappa shape index (κ3) is 2.77. The van der Waals surface area contributed by atoms with Crippen molar-refractivity contribution in [3.05, 3.63) is 63.0 Å². The van der Waals surface area contributed by atoms with Crippen LogP contribution in [0.2, 0.25) is 0 Å². The SMILES string of the molecule is Cc1ccc(NC(=O)c2c(C)cc(=O)oc2C)cc1F. The summed E-state index contributed by atoms with van der Waals surface area (Å²) in [5.74, 6) is -0.595. The van der Waals surface area contributed by atoms with Crippen LogP contribution in [-0.2, 0) is 0 Å². The van der Waals surface area contributed by atoms with E-state index in [-0.39, 0.29) is 11.3 Å². The lowest BCUT2D eigenvalue weighted by molar-refractivity contribution is 0.102. The molecule has 1 aromatic heterocycles. The number of hydrogen-bond donors (Lipinski definition) is 1. The van der Waals surface area contributed by atoms with Gasteiger partial charge in [0.2, 0.25) is 0 Å². The summed E-state index contributed by atoms with van der Waals surface area (Å²) in [4.78, 5) is 23.3. The highest BCUT2D eigenvalue weighted by atomic mass is 19.1. The van der Waals surface area contributed by atoms with E-state index in [1.807, 2.05) is 0 Å². The van der Waals surface area contributed by atoms with Crippen LogP contribution in [0, 0.1) is 26.6 Å². The van der Waals surface area contributed by atoms with Gasteiger partial charge >= 0.3 is 5.63 Å². The number of benzene rings is 1. The number of hydrogen-bond acceptors (Lipinski definition) is 3. The first kappa shape index (κ1) is 14.0. The minimum absolute atomic E-state index is 0.236. The van der Waals surface area contributed by atoms with Crippen LogP contribution < -0.4 is 10.9 Å². The van der Waals surface area contributed by atoms with Crippen molar-refractivity contribution in [2.24, 2.45) is 0 Å². The van der Waals surface area contributed by atoms with E-state index < -0.39 is 17.3 Å². The van der Waals surface area contributed by atoms with Crippen LogP contribution in [0.15, 0.2) is 33.5 Å². The van der Waals surface area contributed by atoms with E-state index in [0.717, 1.165) is 0 Å². The number of anilines is 1. The summed E-state index contributed by atoms with van der Waals surface area (Å²) >= 11 is 0. The predicted octanol–water partition coefficient (Wildman–Crippen LogP) is 2.96. The Labute approximate surface area is 115 Å². The monoisotopic (exact) mass is 275 g/mol. The second-order valence-corrected chi connectivity index (χ2v) is 4.60. The quantitative estimate of drug-likeness (QED) is 0.916. The molecule has 0 saturated heterocycles. The maximum Gasteiger partial charge on any atom is 0.336 e. The second kappa shape index (κ2) is 5.28. The first-order valence-corrected chi connectivity index (χ1v) is 6.07. The Balaban J connectivity index is 2.33. The van der Waals surface area contributed by atoms with Crippen LogP contribution in [0.4, 0.5) is 10.1 Å². The van der Waals surface area contributed by atoms with Gasteiger partial charge in [-0.1, -0.05) is 6.07 Å². The first-order valence-electron chi connectivity index (χ1n) is 6.07. The Morgan fingerprint density at radius 3 is 2.45 bits per heavy atom. The minimum atomic E-state index is -0.502. The van der Waals surface area contributed by atoms with Crippen molar-refractivity contribution in [2.45, 2.75) is 20.8 Å². The lowest BCUT2D eigenvalue weighted by atomic mass is 10.1. The van der Waals surface area contributed by atoms with Gasteiger partial charge in [-0.25, -0.2) is 9.18 Å². The Morgan fingerprint density at radius 2 is 1.85 bits per heavy atom. The zero-order chi connectivity index (χ0) is 14.9. The van der Waals surface area contributed by atoms with Crippen molar-refractivity contribution in [3.63, 3.8) is 0 Å². The van der Waals surface area contributed by atoms with Gasteiger partial charge in [-0.05, 0) is 44.0 Å². The smallest absolute Gasteiger partial charge is 0.336 e. The summed E-state index contributed by atoms with van der Waals surface area (Å²) in [7, 11) is 0. The van der Waals surface area contributed by atoms with Crippen molar-refractivity contribution >= 4 is 11.6 Å². The molecule has 2 rings (SSSR count). The molecule has 1 N–H and O–H groups in total. The number of amides is 1. The van der Waals surface area contributed by atoms with Crippen LogP contribution in [0.3, 0.4) is 0 Å². The van der Waals surface area contributed by atoms with Crippen molar-refractivity contribution < 1.29 is 13.6 Å². The zero-order valence-electron chi connectivity index (χ0n) is 11.4. The molecule has 0 bridgehead atoms. The lowest BCUT2D eigenvalue weighted by Crippen LogP contribution is -2.17. The van der Waals surface area contributed by atoms with Gasteiger partial charge < -0.3 is 9.73 Å². The molecule has 20 heavy (non-hydrogen) atoms. The van der Waals surface area contributed by atoms with Gasteiger partial charge in [0.15, 0.2) is 0 Å². The summed E-state index contributed by atoms with van der Waals surface area (Å²) in [5.41, 5.74) is 1.15. The molecule has 104 valence electrons. The highest BCUT2D eigenvalue weighted by Crippen LogP contribution is 2.17. The van der Waals surface area contributed by atoms with Crippen LogP contribution in [0.1, 0.15) is 27.2 Å². The standard InChI is InChI=1S/C15H14FNO3/c1-8-4-5-11(7-12(8)16)17-15(19)14-9(2)6-13(18)20-10(14)3/h4-7H,1-3H3,(H,17,19). The van der Waals surface area contributed by atoms with Crippen molar-refractivity contribution in [2.75, 3.05) is 5.32 Å². The van der Waals surface area contributed by atoms with Crippen LogP contribution >= 0.6 is 0 Å². The fraction of sp³-hybridized carbons (Fsp3) is 0.200. The van der Waals surface area contributed by atoms with Crippen molar-refractivity contribution in [1.29, 1.82) is 0 Å². The molecular weight excluding hydrogens is 261 g/mol. The van der Waals surface area contributed by atoms with Gasteiger partial charge in [0.05, 0.1) is 5.56 Å². The predicted molar refractivity (Wildman–Crippen MR) is 73.5 cm³/mol. The third-order valence-electron chi connectivity index (χ3n) is 2.99. The Hall–Kier alpha value is -2.43. The lowest BCUT2D eigenvalue weighted by Gasteiger charge is -2.09. The van der Waals surface area contributed by atoms with Crippen molar-refractivity contribution in [3.8, 4) is 0 Å². The number of nitrogens with one attached hydrogen (secondary N) is 1. The molecule has 0 fully saturated rings. The molecule has 0 aliphatic carbocycles. The second-order valence-electron chi connectivity index (χ2n) is 4.60. The summed E-state index contributed by atoms with van der Waals surface area (Å²) in [6, 6.07) is 5.69. The maximum absolute atomic E-state index is 13.4. The number of rotatable bonds is 2. The third-order valence-corrected chi connectivity index (χ3v) is 2.99. The summed E-state index contributed by atoms with van der Waals surface area (Å²) in [6.45, 7) is 4.83. The van der Waals surface area contributed by atoms with Crippen molar-refractivity contribution in [1.82, 2.24) is 0 Å². The molecule has 0 aliphatic heterocycles. The van der Waals surface area contributed by atoms with Gasteiger partial charge in [0, 0.05) is 11.8 Å². The largest absolute Gasteiger partial charge is 0.427 e. The highest BCUT2D eigenvalue weighted by Gasteiger charge is 2.15. The zero-order valence-corrected chi connectivity index (χ0v) is 11.4. The van der Waals surface area contributed by atoms with Crippen LogP contribution in [-0.4, -0.2) is 5.91 Å².